The zero-order valence-electron chi connectivity index (χ0n) is 28.4. The van der Waals surface area contributed by atoms with Gasteiger partial charge in [0.05, 0.1) is 5.41 Å². The number of oxime groups is 2. The van der Waals surface area contributed by atoms with Crippen molar-refractivity contribution in [2.75, 3.05) is 25.7 Å². The molecule has 0 heterocycles. The molecule has 1 aliphatic rings. The predicted molar refractivity (Wildman–Crippen MR) is 188 cm³/mol. The molecule has 0 atom stereocenters. The molecule has 262 valence electrons. The summed E-state index contributed by atoms with van der Waals surface area (Å²) in [6.07, 6.45) is 6.44. The number of fused-ring (bicyclic) bond motifs is 3. The number of carbonyl (C=O) groups is 6. The number of nitrogens with zero attached hydrogens (tertiary/aromatic N) is 2. The molecule has 12 nitrogen and oxygen atoms in total. The Morgan fingerprint density at radius 3 is 1.37 bits per heavy atom. The maximum Gasteiger partial charge on any atom is 0.367 e. The molecular formula is C35H40N2O10S2. The summed E-state index contributed by atoms with van der Waals surface area (Å²) in [5, 5.41) is 6.50. The van der Waals surface area contributed by atoms with E-state index in [2.05, 4.69) is 10.3 Å². The minimum Gasteiger partial charge on any atom is -0.456 e. The van der Waals surface area contributed by atoms with Gasteiger partial charge in [-0.3, -0.25) is 9.59 Å². The van der Waals surface area contributed by atoms with Gasteiger partial charge < -0.3 is 19.1 Å². The van der Waals surface area contributed by atoms with Crippen molar-refractivity contribution in [1.82, 2.24) is 0 Å². The average Bonchev–Trinajstić information content (AvgIpc) is 3.37. The van der Waals surface area contributed by atoms with E-state index in [1.54, 1.807) is 48.9 Å². The van der Waals surface area contributed by atoms with Gasteiger partial charge in [-0.1, -0.05) is 61.3 Å². The normalized spacial score (nSPS) is 13.2. The molecule has 0 saturated heterocycles. The van der Waals surface area contributed by atoms with Crippen LogP contribution in [0.5, 0.6) is 0 Å². The second-order valence-electron chi connectivity index (χ2n) is 11.2. The second-order valence-corrected chi connectivity index (χ2v) is 12.7. The smallest absolute Gasteiger partial charge is 0.367 e. The third kappa shape index (κ3) is 9.88. The van der Waals surface area contributed by atoms with Crippen molar-refractivity contribution in [2.45, 2.75) is 71.6 Å². The van der Waals surface area contributed by atoms with Crippen LogP contribution < -0.4 is 0 Å². The van der Waals surface area contributed by atoms with Crippen molar-refractivity contribution in [3.05, 3.63) is 58.7 Å². The third-order valence-corrected chi connectivity index (χ3v) is 8.62. The second kappa shape index (κ2) is 18.5. The number of hydrogen-bond donors (Lipinski definition) is 0. The van der Waals surface area contributed by atoms with E-state index in [9.17, 15) is 28.8 Å². The molecular weight excluding hydrogens is 673 g/mol. The molecule has 49 heavy (non-hydrogen) atoms. The van der Waals surface area contributed by atoms with Crippen LogP contribution in [0.2, 0.25) is 0 Å². The van der Waals surface area contributed by atoms with Crippen LogP contribution in [-0.2, 0) is 34.2 Å². The number of unbranched alkanes of at least 4 members (excludes halogenated alkanes) is 2. The van der Waals surface area contributed by atoms with Crippen molar-refractivity contribution in [1.29, 1.82) is 0 Å². The molecule has 0 aliphatic heterocycles. The minimum absolute atomic E-state index is 0.0558. The Labute approximate surface area is 293 Å². The summed E-state index contributed by atoms with van der Waals surface area (Å²) in [6.45, 7) is 5.69. The summed E-state index contributed by atoms with van der Waals surface area (Å²) in [6, 6.07) is 9.95. The molecule has 0 amide bonds. The molecule has 2 aromatic carbocycles. The Balaban J connectivity index is 2.27. The zero-order chi connectivity index (χ0) is 36.1. The Morgan fingerprint density at radius 1 is 0.653 bits per heavy atom. The van der Waals surface area contributed by atoms with Crippen molar-refractivity contribution in [3.63, 3.8) is 0 Å². The first kappa shape index (κ1) is 39.1. The van der Waals surface area contributed by atoms with Crippen LogP contribution in [0.15, 0.2) is 46.7 Å². The van der Waals surface area contributed by atoms with Crippen LogP contribution in [0.3, 0.4) is 0 Å². The molecule has 0 fully saturated rings. The molecule has 1 aliphatic carbocycles. The van der Waals surface area contributed by atoms with Gasteiger partial charge in [0.1, 0.15) is 24.6 Å². The maximum atomic E-state index is 13.8. The maximum absolute atomic E-state index is 13.8. The van der Waals surface area contributed by atoms with Gasteiger partial charge in [-0.2, -0.15) is 0 Å². The fourth-order valence-electron chi connectivity index (χ4n) is 5.27. The van der Waals surface area contributed by atoms with E-state index in [0.29, 0.717) is 35.1 Å². The average molecular weight is 713 g/mol. The number of thioether (sulfide) groups is 2. The Hall–Kier alpha value is -4.30. The van der Waals surface area contributed by atoms with Crippen LogP contribution >= 0.6 is 23.5 Å². The molecule has 0 saturated carbocycles. The highest BCUT2D eigenvalue weighted by molar-refractivity contribution is 8.12. The van der Waals surface area contributed by atoms with E-state index >= 15 is 0 Å². The van der Waals surface area contributed by atoms with Gasteiger partial charge in [-0.25, -0.2) is 19.2 Å². The zero-order valence-corrected chi connectivity index (χ0v) is 30.0. The molecule has 3 rings (SSSR count). The van der Waals surface area contributed by atoms with Gasteiger partial charge in [0.15, 0.2) is 0 Å². The topological polar surface area (TPSA) is 164 Å². The summed E-state index contributed by atoms with van der Waals surface area (Å²) >= 11 is 1.71. The Kier molecular flexibility index (Phi) is 14.7. The van der Waals surface area contributed by atoms with Gasteiger partial charge in [-0.15, -0.1) is 0 Å². The monoisotopic (exact) mass is 712 g/mol. The first-order valence-corrected chi connectivity index (χ1v) is 18.2. The lowest BCUT2D eigenvalue weighted by Gasteiger charge is -2.31. The lowest BCUT2D eigenvalue weighted by molar-refractivity contribution is -0.141. The summed E-state index contributed by atoms with van der Waals surface area (Å²) in [7, 11) is 0. The van der Waals surface area contributed by atoms with Gasteiger partial charge in [0.2, 0.25) is 11.6 Å². The van der Waals surface area contributed by atoms with Gasteiger partial charge >= 0.3 is 22.5 Å². The molecule has 14 heteroatoms. The van der Waals surface area contributed by atoms with Crippen LogP contribution in [0.1, 0.15) is 98.1 Å². The molecule has 0 radical (unpaired) electrons. The molecule has 0 bridgehead atoms. The lowest BCUT2D eigenvalue weighted by atomic mass is 9.78. The van der Waals surface area contributed by atoms with E-state index < -0.39 is 39.5 Å². The first-order valence-electron chi connectivity index (χ1n) is 15.7. The first-order chi connectivity index (χ1) is 23.4. The van der Waals surface area contributed by atoms with Gasteiger partial charge in [0, 0.05) is 25.0 Å². The molecule has 0 N–H and O–H groups in total. The standard InChI is InChI=1S/C35H40N2O10S2/c1-7-9-11-29(36-46-21(3)38)31(40)23-13-15-25-26-16-14-24(32(41)30(12-10-8-2)37-47-22(4)39)18-28(26)35(27(25)17-23,19-44-33(42)48-5)20-45-34(43)49-6/h13-18H,7-12,19-20H2,1-6H3/b36-29+,37-30+. The number of rotatable bonds is 16. The summed E-state index contributed by atoms with van der Waals surface area (Å²) in [4.78, 5) is 85.3. The molecule has 0 spiro atoms. The molecule has 0 aromatic heterocycles. The number of ketones is 2. The van der Waals surface area contributed by atoms with Crippen LogP contribution in [0.4, 0.5) is 9.59 Å². The third-order valence-electron chi connectivity index (χ3n) is 7.72. The minimum atomic E-state index is -1.35. The highest BCUT2D eigenvalue weighted by Gasteiger charge is 2.47. The van der Waals surface area contributed by atoms with Gasteiger partial charge in [0.25, 0.3) is 0 Å². The largest absolute Gasteiger partial charge is 0.456 e. The number of ether oxygens (including phenoxy) is 2. The Bertz CT molecular complexity index is 1550. The van der Waals surface area contributed by atoms with Crippen molar-refractivity contribution in [2.24, 2.45) is 10.3 Å². The van der Waals surface area contributed by atoms with Crippen LogP contribution in [0.25, 0.3) is 11.1 Å². The number of Topliss-reactive ketones (excluding diaryl/α,β-unsaturated/α-hetero) is 2. The fourth-order valence-corrected chi connectivity index (χ4v) is 5.63. The summed E-state index contributed by atoms with van der Waals surface area (Å²) in [5.41, 5.74) is 1.57. The quantitative estimate of drug-likeness (QED) is 0.0553. The van der Waals surface area contributed by atoms with Gasteiger partial charge in [-0.05, 0) is 96.1 Å². The highest BCUT2D eigenvalue weighted by atomic mass is 32.2. The summed E-state index contributed by atoms with van der Waals surface area (Å²) < 4.78 is 11.4. The SMILES string of the molecule is CCCC/C(=N\OC(C)=O)C(=O)c1ccc2c(c1)C(COC(=O)SC)(COC(=O)SC)c1cc(C(=O)/C(CCCC)=N/OC(C)=O)ccc1-2. The van der Waals surface area contributed by atoms with Crippen LogP contribution in [-0.4, -0.2) is 71.3 Å². The van der Waals surface area contributed by atoms with E-state index in [4.69, 9.17) is 19.1 Å². The molecule has 2 aromatic rings. The van der Waals surface area contributed by atoms with E-state index in [0.717, 1.165) is 36.4 Å². The fraction of sp³-hybridized carbons (Fsp3) is 0.429. The van der Waals surface area contributed by atoms with Crippen LogP contribution in [0, 0.1) is 0 Å². The molecule has 0 unspecified atom stereocenters. The highest BCUT2D eigenvalue weighted by Crippen LogP contribution is 2.50. The lowest BCUT2D eigenvalue weighted by Crippen LogP contribution is -2.38. The Morgan fingerprint density at radius 2 is 1.04 bits per heavy atom. The number of carbonyl (C=O) groups excluding carboxylic acids is 6. The number of hydrogen-bond acceptors (Lipinski definition) is 14. The number of benzene rings is 2. The predicted octanol–water partition coefficient (Wildman–Crippen LogP) is 7.54. The van der Waals surface area contributed by atoms with E-state index in [1.807, 2.05) is 13.8 Å². The van der Waals surface area contributed by atoms with Crippen molar-refractivity contribution in [3.8, 4) is 11.1 Å². The van der Waals surface area contributed by atoms with Crippen molar-refractivity contribution < 1.29 is 47.9 Å². The van der Waals surface area contributed by atoms with E-state index in [-0.39, 0.29) is 48.6 Å². The summed E-state index contributed by atoms with van der Waals surface area (Å²) in [5.74, 6) is -2.28. The van der Waals surface area contributed by atoms with E-state index in [1.165, 1.54) is 13.8 Å². The van der Waals surface area contributed by atoms with Crippen molar-refractivity contribution >= 4 is 69.1 Å².